The van der Waals surface area contributed by atoms with Crippen LogP contribution in [0.4, 0.5) is 5.69 Å². The third-order valence-electron chi connectivity index (χ3n) is 4.23. The maximum absolute atomic E-state index is 12.2. The lowest BCUT2D eigenvalue weighted by Gasteiger charge is -2.07. The zero-order chi connectivity index (χ0) is 18.8. The summed E-state index contributed by atoms with van der Waals surface area (Å²) in [5.74, 6) is 0.912. The first kappa shape index (κ1) is 16.8. The molecule has 5 heteroatoms. The Morgan fingerprint density at radius 2 is 2.00 bits per heavy atom. The van der Waals surface area contributed by atoms with Gasteiger partial charge in [-0.15, -0.1) is 0 Å². The van der Waals surface area contributed by atoms with Crippen LogP contribution >= 0.6 is 0 Å². The van der Waals surface area contributed by atoms with Gasteiger partial charge in [0.25, 0.3) is 0 Å². The van der Waals surface area contributed by atoms with Crippen molar-refractivity contribution in [2.24, 2.45) is 0 Å². The van der Waals surface area contributed by atoms with E-state index in [1.807, 2.05) is 50.2 Å². The summed E-state index contributed by atoms with van der Waals surface area (Å²) in [6.07, 6.45) is 4.62. The molecule has 4 rings (SSSR count). The van der Waals surface area contributed by atoms with E-state index in [1.54, 1.807) is 24.5 Å². The monoisotopic (exact) mass is 358 g/mol. The molecule has 0 aliphatic rings. The van der Waals surface area contributed by atoms with Gasteiger partial charge in [0.2, 0.25) is 11.8 Å². The predicted molar refractivity (Wildman–Crippen MR) is 105 cm³/mol. The van der Waals surface area contributed by atoms with Crippen molar-refractivity contribution in [3.05, 3.63) is 77.8 Å². The van der Waals surface area contributed by atoms with Crippen LogP contribution < -0.4 is 5.32 Å². The van der Waals surface area contributed by atoms with E-state index < -0.39 is 0 Å². The van der Waals surface area contributed by atoms with Crippen molar-refractivity contribution in [1.82, 2.24) is 4.98 Å². The number of rotatable bonds is 4. The van der Waals surface area contributed by atoms with Crippen molar-refractivity contribution in [3.63, 3.8) is 0 Å². The molecule has 2 aromatic carbocycles. The molecule has 1 N–H and O–H groups in total. The molecule has 2 heterocycles. The van der Waals surface area contributed by atoms with Crippen molar-refractivity contribution >= 4 is 28.8 Å². The minimum Gasteiger partial charge on any atom is -0.465 e. The molecule has 0 aliphatic heterocycles. The van der Waals surface area contributed by atoms with Crippen molar-refractivity contribution in [3.8, 4) is 11.5 Å². The zero-order valence-electron chi connectivity index (χ0n) is 15.0. The first-order valence-electron chi connectivity index (χ1n) is 8.59. The van der Waals surface area contributed by atoms with Gasteiger partial charge in [0.15, 0.2) is 5.58 Å². The number of aromatic nitrogens is 1. The van der Waals surface area contributed by atoms with Gasteiger partial charge in [0.1, 0.15) is 11.3 Å². The van der Waals surface area contributed by atoms with Crippen LogP contribution in [-0.4, -0.2) is 10.9 Å². The highest BCUT2D eigenvalue weighted by Gasteiger charge is 2.11. The number of carbonyl (C=O) groups is 1. The van der Waals surface area contributed by atoms with Crippen LogP contribution in [0.1, 0.15) is 16.9 Å². The molecule has 0 aliphatic carbocycles. The molecule has 0 spiro atoms. The second-order valence-electron chi connectivity index (χ2n) is 6.36. The number of fused-ring (bicyclic) bond motifs is 1. The molecule has 0 unspecified atom stereocenters. The van der Waals surface area contributed by atoms with Crippen LogP contribution in [0.2, 0.25) is 0 Å². The van der Waals surface area contributed by atoms with Gasteiger partial charge < -0.3 is 14.2 Å². The number of benzene rings is 2. The Morgan fingerprint density at radius 1 is 1.11 bits per heavy atom. The highest BCUT2D eigenvalue weighted by atomic mass is 16.3. The first-order valence-corrected chi connectivity index (χ1v) is 8.59. The summed E-state index contributed by atoms with van der Waals surface area (Å²) in [5, 5.41) is 2.89. The molecule has 1 amide bonds. The molecule has 0 saturated carbocycles. The molecule has 0 radical (unpaired) electrons. The number of oxazole rings is 1. The zero-order valence-corrected chi connectivity index (χ0v) is 15.0. The number of aryl methyl sites for hydroxylation is 2. The molecular formula is C22H18N2O3. The summed E-state index contributed by atoms with van der Waals surface area (Å²) in [7, 11) is 0. The van der Waals surface area contributed by atoms with E-state index in [0.717, 1.165) is 27.8 Å². The SMILES string of the molecule is Cc1ccc2oc(-c3ccc(C)c(NC(=O)C=Cc4ccco4)c3)nc2c1. The number of hydrogen-bond donors (Lipinski definition) is 1. The fraction of sp³-hybridized carbons (Fsp3) is 0.0909. The maximum Gasteiger partial charge on any atom is 0.248 e. The highest BCUT2D eigenvalue weighted by molar-refractivity contribution is 6.02. The van der Waals surface area contributed by atoms with E-state index in [-0.39, 0.29) is 5.91 Å². The lowest BCUT2D eigenvalue weighted by atomic mass is 10.1. The van der Waals surface area contributed by atoms with Crippen LogP contribution in [-0.2, 0) is 4.79 Å². The summed E-state index contributed by atoms with van der Waals surface area (Å²) in [5.41, 5.74) is 5.15. The third-order valence-corrected chi connectivity index (χ3v) is 4.23. The quantitative estimate of drug-likeness (QED) is 0.499. The third kappa shape index (κ3) is 3.67. The summed E-state index contributed by atoms with van der Waals surface area (Å²) >= 11 is 0. The fourth-order valence-corrected chi connectivity index (χ4v) is 2.77. The van der Waals surface area contributed by atoms with E-state index in [9.17, 15) is 4.79 Å². The molecule has 5 nitrogen and oxygen atoms in total. The normalized spacial score (nSPS) is 11.3. The number of furan rings is 1. The highest BCUT2D eigenvalue weighted by Crippen LogP contribution is 2.28. The lowest BCUT2D eigenvalue weighted by molar-refractivity contribution is -0.111. The Labute approximate surface area is 156 Å². The van der Waals surface area contributed by atoms with Gasteiger partial charge in [0.05, 0.1) is 6.26 Å². The van der Waals surface area contributed by atoms with Crippen LogP contribution in [0.25, 0.3) is 28.6 Å². The van der Waals surface area contributed by atoms with Crippen LogP contribution in [0.5, 0.6) is 0 Å². The minimum atomic E-state index is -0.236. The average molecular weight is 358 g/mol. The van der Waals surface area contributed by atoms with Crippen molar-refractivity contribution in [1.29, 1.82) is 0 Å². The van der Waals surface area contributed by atoms with Gasteiger partial charge in [-0.2, -0.15) is 0 Å². The van der Waals surface area contributed by atoms with Crippen LogP contribution in [0, 0.1) is 13.8 Å². The molecule has 2 aromatic heterocycles. The number of nitrogens with zero attached hydrogens (tertiary/aromatic N) is 1. The van der Waals surface area contributed by atoms with E-state index in [2.05, 4.69) is 10.3 Å². The Hall–Kier alpha value is -3.60. The standard InChI is InChI=1S/C22H18N2O3/c1-14-5-9-20-19(12-14)24-22(27-20)16-7-6-15(2)18(13-16)23-21(25)10-8-17-4-3-11-26-17/h3-13H,1-2H3,(H,23,25). The first-order chi connectivity index (χ1) is 13.1. The Kier molecular flexibility index (Phi) is 4.34. The van der Waals surface area contributed by atoms with Crippen LogP contribution in [0.15, 0.2) is 69.7 Å². The van der Waals surface area contributed by atoms with Gasteiger partial charge in [-0.05, 0) is 67.4 Å². The van der Waals surface area contributed by atoms with Gasteiger partial charge in [-0.3, -0.25) is 4.79 Å². The molecule has 4 aromatic rings. The van der Waals surface area contributed by atoms with E-state index in [4.69, 9.17) is 8.83 Å². The van der Waals surface area contributed by atoms with Crippen molar-refractivity contribution < 1.29 is 13.6 Å². The van der Waals surface area contributed by atoms with Crippen molar-refractivity contribution in [2.75, 3.05) is 5.32 Å². The summed E-state index contributed by atoms with van der Waals surface area (Å²) in [6, 6.07) is 15.2. The summed E-state index contributed by atoms with van der Waals surface area (Å²) in [6.45, 7) is 3.95. The molecule has 0 saturated heterocycles. The Balaban J connectivity index is 1.59. The Bertz CT molecular complexity index is 1140. The van der Waals surface area contributed by atoms with Crippen LogP contribution in [0.3, 0.4) is 0 Å². The largest absolute Gasteiger partial charge is 0.465 e. The van der Waals surface area contributed by atoms with E-state index >= 15 is 0 Å². The molecule has 0 atom stereocenters. The van der Waals surface area contributed by atoms with Gasteiger partial charge in [-0.25, -0.2) is 4.98 Å². The minimum absolute atomic E-state index is 0.236. The number of carbonyl (C=O) groups excluding carboxylic acids is 1. The number of anilines is 1. The number of nitrogens with one attached hydrogen (secondary N) is 1. The maximum atomic E-state index is 12.2. The van der Waals surface area contributed by atoms with Crippen molar-refractivity contribution in [2.45, 2.75) is 13.8 Å². The smallest absolute Gasteiger partial charge is 0.248 e. The molecule has 27 heavy (non-hydrogen) atoms. The molecule has 0 fully saturated rings. The predicted octanol–water partition coefficient (Wildman–Crippen LogP) is 5.36. The Morgan fingerprint density at radius 3 is 2.81 bits per heavy atom. The average Bonchev–Trinajstić information content (AvgIpc) is 3.31. The topological polar surface area (TPSA) is 68.3 Å². The van der Waals surface area contributed by atoms with Gasteiger partial charge >= 0.3 is 0 Å². The summed E-state index contributed by atoms with van der Waals surface area (Å²) < 4.78 is 11.0. The van der Waals surface area contributed by atoms with Gasteiger partial charge in [0, 0.05) is 17.3 Å². The second-order valence-corrected chi connectivity index (χ2v) is 6.36. The number of amides is 1. The van der Waals surface area contributed by atoms with E-state index in [0.29, 0.717) is 17.3 Å². The molecule has 0 bridgehead atoms. The second kappa shape index (κ2) is 6.96. The molecule has 134 valence electrons. The number of hydrogen-bond acceptors (Lipinski definition) is 4. The lowest BCUT2D eigenvalue weighted by Crippen LogP contribution is -2.09. The summed E-state index contributed by atoms with van der Waals surface area (Å²) in [4.78, 5) is 16.8. The van der Waals surface area contributed by atoms with E-state index in [1.165, 1.54) is 6.08 Å². The molecular weight excluding hydrogens is 340 g/mol. The van der Waals surface area contributed by atoms with Gasteiger partial charge in [-0.1, -0.05) is 12.1 Å². The fourth-order valence-electron chi connectivity index (χ4n) is 2.77.